The van der Waals surface area contributed by atoms with E-state index < -0.39 is 6.04 Å². The van der Waals surface area contributed by atoms with Crippen LogP contribution >= 0.6 is 0 Å². The zero-order valence-electron chi connectivity index (χ0n) is 11.5. The maximum absolute atomic E-state index is 12.4. The van der Waals surface area contributed by atoms with Crippen LogP contribution in [0.4, 0.5) is 0 Å². The molecule has 1 unspecified atom stereocenters. The normalized spacial score (nSPS) is 14.9. The highest BCUT2D eigenvalue weighted by molar-refractivity contribution is 6.00. The minimum absolute atomic E-state index is 0.202. The molecule has 0 radical (unpaired) electrons. The number of aldehydes is 1. The Labute approximate surface area is 117 Å². The average molecular weight is 275 g/mol. The largest absolute Gasteiger partial charge is 0.357 e. The quantitative estimate of drug-likeness (QED) is 0.791. The van der Waals surface area contributed by atoms with Gasteiger partial charge in [-0.1, -0.05) is 0 Å². The molecule has 6 heteroatoms. The van der Waals surface area contributed by atoms with Gasteiger partial charge in [-0.2, -0.15) is 0 Å². The number of nitrogens with one attached hydrogen (secondary N) is 1. The molecule has 0 saturated carbocycles. The predicted octanol–water partition coefficient (Wildman–Crippen LogP) is 0.440. The molecule has 20 heavy (non-hydrogen) atoms. The molecule has 1 N–H and O–H groups in total. The molecule has 0 saturated heterocycles. The van der Waals surface area contributed by atoms with Crippen LogP contribution in [-0.4, -0.2) is 41.1 Å². The zero-order valence-corrected chi connectivity index (χ0v) is 11.5. The molecule has 2 heterocycles. The number of fused-ring (bicyclic) bond motifs is 1. The van der Waals surface area contributed by atoms with Crippen LogP contribution in [0.3, 0.4) is 0 Å². The standard InChI is InChI=1S/C14H17N3O3/c1-9-5-6-10-11(16-9)8-17(14(10)20)12(4-3-7-18)13(19)15-2/h5-7,12H,3-4,8H2,1-2H3,(H,15,19). The highest BCUT2D eigenvalue weighted by Gasteiger charge is 2.36. The van der Waals surface area contributed by atoms with E-state index >= 15 is 0 Å². The molecular formula is C14H17N3O3. The van der Waals surface area contributed by atoms with Gasteiger partial charge in [-0.15, -0.1) is 0 Å². The Bertz CT molecular complexity index is 557. The van der Waals surface area contributed by atoms with Gasteiger partial charge in [0.15, 0.2) is 0 Å². The fourth-order valence-corrected chi connectivity index (χ4v) is 2.39. The van der Waals surface area contributed by atoms with Crippen molar-refractivity contribution in [3.05, 3.63) is 29.1 Å². The van der Waals surface area contributed by atoms with E-state index in [0.717, 1.165) is 12.0 Å². The topological polar surface area (TPSA) is 79.4 Å². The first-order valence-electron chi connectivity index (χ1n) is 6.51. The highest BCUT2D eigenvalue weighted by atomic mass is 16.2. The molecule has 1 aliphatic heterocycles. The van der Waals surface area contributed by atoms with Crippen LogP contribution in [0, 0.1) is 6.92 Å². The third-order valence-electron chi connectivity index (χ3n) is 3.41. The Balaban J connectivity index is 2.26. The summed E-state index contributed by atoms with van der Waals surface area (Å²) >= 11 is 0. The van der Waals surface area contributed by atoms with E-state index in [1.807, 2.05) is 6.92 Å². The van der Waals surface area contributed by atoms with Crippen molar-refractivity contribution in [3.8, 4) is 0 Å². The number of carbonyl (C=O) groups excluding carboxylic acids is 3. The zero-order chi connectivity index (χ0) is 14.7. The molecule has 0 aliphatic carbocycles. The number of hydrogen-bond acceptors (Lipinski definition) is 4. The number of carbonyl (C=O) groups is 3. The number of rotatable bonds is 5. The third kappa shape index (κ3) is 2.54. The summed E-state index contributed by atoms with van der Waals surface area (Å²) in [6.45, 7) is 2.17. The Morgan fingerprint density at radius 2 is 2.30 bits per heavy atom. The number of nitrogens with zero attached hydrogens (tertiary/aromatic N) is 2. The fourth-order valence-electron chi connectivity index (χ4n) is 2.39. The van der Waals surface area contributed by atoms with Crippen molar-refractivity contribution in [1.29, 1.82) is 0 Å². The van der Waals surface area contributed by atoms with E-state index in [-0.39, 0.29) is 18.2 Å². The fraction of sp³-hybridized carbons (Fsp3) is 0.429. The van der Waals surface area contributed by atoms with Crippen molar-refractivity contribution in [2.75, 3.05) is 7.05 Å². The molecule has 2 amide bonds. The van der Waals surface area contributed by atoms with Gasteiger partial charge in [0, 0.05) is 19.2 Å². The maximum atomic E-state index is 12.4. The summed E-state index contributed by atoms with van der Waals surface area (Å²) in [5, 5.41) is 2.54. The van der Waals surface area contributed by atoms with Crippen LogP contribution in [0.2, 0.25) is 0 Å². The van der Waals surface area contributed by atoms with Crippen LogP contribution < -0.4 is 5.32 Å². The molecule has 0 aromatic carbocycles. The van der Waals surface area contributed by atoms with Gasteiger partial charge in [0.1, 0.15) is 12.3 Å². The summed E-state index contributed by atoms with van der Waals surface area (Å²) in [6.07, 6.45) is 1.32. The minimum Gasteiger partial charge on any atom is -0.357 e. The van der Waals surface area contributed by atoms with Gasteiger partial charge in [0.2, 0.25) is 5.91 Å². The van der Waals surface area contributed by atoms with Crippen LogP contribution in [0.5, 0.6) is 0 Å². The van der Waals surface area contributed by atoms with E-state index in [0.29, 0.717) is 24.2 Å². The molecule has 6 nitrogen and oxygen atoms in total. The van der Waals surface area contributed by atoms with E-state index in [1.165, 1.54) is 11.9 Å². The lowest BCUT2D eigenvalue weighted by molar-refractivity contribution is -0.125. The summed E-state index contributed by atoms with van der Waals surface area (Å²) in [7, 11) is 1.52. The molecule has 106 valence electrons. The molecule has 1 aliphatic rings. The SMILES string of the molecule is CNC(=O)C(CCC=O)N1Cc2nc(C)ccc2C1=O. The van der Waals surface area contributed by atoms with Gasteiger partial charge in [-0.05, 0) is 25.5 Å². The summed E-state index contributed by atoms with van der Waals surface area (Å²) < 4.78 is 0. The molecule has 1 atom stereocenters. The predicted molar refractivity (Wildman–Crippen MR) is 72.0 cm³/mol. The Morgan fingerprint density at radius 3 is 2.95 bits per heavy atom. The maximum Gasteiger partial charge on any atom is 0.256 e. The van der Waals surface area contributed by atoms with Gasteiger partial charge < -0.3 is 15.0 Å². The number of hydrogen-bond donors (Lipinski definition) is 1. The number of amides is 2. The van der Waals surface area contributed by atoms with Crippen LogP contribution in [0.15, 0.2) is 12.1 Å². The van der Waals surface area contributed by atoms with Crippen molar-refractivity contribution < 1.29 is 14.4 Å². The second-order valence-corrected chi connectivity index (χ2v) is 4.75. The van der Waals surface area contributed by atoms with E-state index in [1.54, 1.807) is 12.1 Å². The Kier molecular flexibility index (Phi) is 4.12. The Hall–Kier alpha value is -2.24. The van der Waals surface area contributed by atoms with Gasteiger partial charge in [0.25, 0.3) is 5.91 Å². The van der Waals surface area contributed by atoms with Gasteiger partial charge in [-0.3, -0.25) is 14.6 Å². The van der Waals surface area contributed by atoms with Crippen molar-refractivity contribution in [2.24, 2.45) is 0 Å². The van der Waals surface area contributed by atoms with Gasteiger partial charge in [0.05, 0.1) is 17.8 Å². The average Bonchev–Trinajstić information content (AvgIpc) is 2.75. The Morgan fingerprint density at radius 1 is 1.55 bits per heavy atom. The molecule has 0 bridgehead atoms. The van der Waals surface area contributed by atoms with Crippen molar-refractivity contribution in [3.63, 3.8) is 0 Å². The lowest BCUT2D eigenvalue weighted by atomic mass is 10.1. The molecule has 0 spiro atoms. The number of likely N-dealkylation sites (N-methyl/N-ethyl adjacent to an activating group) is 1. The molecule has 1 aromatic rings. The first-order chi connectivity index (χ1) is 9.58. The molecule has 2 rings (SSSR count). The minimum atomic E-state index is -0.632. The van der Waals surface area contributed by atoms with Crippen molar-refractivity contribution in [1.82, 2.24) is 15.2 Å². The summed E-state index contributed by atoms with van der Waals surface area (Å²) in [4.78, 5) is 40.6. The molecule has 1 aromatic heterocycles. The van der Waals surface area contributed by atoms with E-state index in [4.69, 9.17) is 0 Å². The van der Waals surface area contributed by atoms with Crippen LogP contribution in [-0.2, 0) is 16.1 Å². The van der Waals surface area contributed by atoms with Crippen LogP contribution in [0.1, 0.15) is 34.6 Å². The van der Waals surface area contributed by atoms with Crippen LogP contribution in [0.25, 0.3) is 0 Å². The van der Waals surface area contributed by atoms with Crippen molar-refractivity contribution in [2.45, 2.75) is 32.4 Å². The van der Waals surface area contributed by atoms with Crippen molar-refractivity contribution >= 4 is 18.1 Å². The first kappa shape index (κ1) is 14.2. The second-order valence-electron chi connectivity index (χ2n) is 4.75. The van der Waals surface area contributed by atoms with E-state index in [2.05, 4.69) is 10.3 Å². The third-order valence-corrected chi connectivity index (χ3v) is 3.41. The van der Waals surface area contributed by atoms with Gasteiger partial charge in [-0.25, -0.2) is 0 Å². The first-order valence-corrected chi connectivity index (χ1v) is 6.51. The summed E-state index contributed by atoms with van der Waals surface area (Å²) in [6, 6.07) is 2.88. The molecule has 0 fully saturated rings. The lowest BCUT2D eigenvalue weighted by Gasteiger charge is -2.25. The number of pyridine rings is 1. The molecular weight excluding hydrogens is 258 g/mol. The van der Waals surface area contributed by atoms with E-state index in [9.17, 15) is 14.4 Å². The van der Waals surface area contributed by atoms with Gasteiger partial charge >= 0.3 is 0 Å². The lowest BCUT2D eigenvalue weighted by Crippen LogP contribution is -2.46. The second kappa shape index (κ2) is 5.81. The summed E-state index contributed by atoms with van der Waals surface area (Å²) in [5.41, 5.74) is 2.06. The number of aryl methyl sites for hydroxylation is 1. The highest BCUT2D eigenvalue weighted by Crippen LogP contribution is 2.25. The number of aromatic nitrogens is 1. The smallest absolute Gasteiger partial charge is 0.256 e. The monoisotopic (exact) mass is 275 g/mol. The summed E-state index contributed by atoms with van der Waals surface area (Å²) in [5.74, 6) is -0.461.